The quantitative estimate of drug-likeness (QED) is 0.226. The number of guanidine groups is 1. The predicted octanol–water partition coefficient (Wildman–Crippen LogP) is 3.33. The van der Waals surface area contributed by atoms with Crippen molar-refractivity contribution in [1.29, 1.82) is 0 Å². The van der Waals surface area contributed by atoms with Crippen LogP contribution in [0, 0.1) is 0 Å². The minimum atomic E-state index is 0. The van der Waals surface area contributed by atoms with E-state index < -0.39 is 0 Å². The Hall–Kier alpha value is -1.55. The number of nitrogens with zero attached hydrogens (tertiary/aromatic N) is 4. The zero-order valence-electron chi connectivity index (χ0n) is 18.1. The number of nitrogens with one attached hydrogen (secondary N) is 2. The Labute approximate surface area is 205 Å². The monoisotopic (exact) mass is 558 g/mol. The molecule has 9 heteroatoms. The zero-order valence-corrected chi connectivity index (χ0v) is 21.2. The van der Waals surface area contributed by atoms with Crippen molar-refractivity contribution in [2.75, 3.05) is 19.6 Å². The molecular weight excluding hydrogens is 527 g/mol. The van der Waals surface area contributed by atoms with Crippen molar-refractivity contribution in [3.05, 3.63) is 51.2 Å². The Morgan fingerprint density at radius 1 is 1.29 bits per heavy atom. The van der Waals surface area contributed by atoms with Gasteiger partial charge >= 0.3 is 5.69 Å². The molecule has 2 N–H and O–H groups in total. The summed E-state index contributed by atoms with van der Waals surface area (Å²) in [6.45, 7) is 5.79. The van der Waals surface area contributed by atoms with Crippen LogP contribution in [0.2, 0.25) is 5.02 Å². The number of hydrogen-bond donors (Lipinski definition) is 2. The summed E-state index contributed by atoms with van der Waals surface area (Å²) in [6.07, 6.45) is 6.21. The third kappa shape index (κ3) is 5.83. The van der Waals surface area contributed by atoms with E-state index >= 15 is 0 Å². The Balaban J connectivity index is 0.00000272. The molecule has 7 nitrogen and oxygen atoms in total. The minimum absolute atomic E-state index is 0. The second-order valence-electron chi connectivity index (χ2n) is 8.30. The van der Waals surface area contributed by atoms with Crippen LogP contribution in [-0.2, 0) is 24.9 Å². The fraction of sp³-hybridized carbons (Fsp3) is 0.591. The highest BCUT2D eigenvalue weighted by molar-refractivity contribution is 14.0. The fourth-order valence-corrected chi connectivity index (χ4v) is 4.30. The normalized spacial score (nSPS) is 16.9. The molecule has 2 aromatic rings. The molecule has 0 atom stereocenters. The van der Waals surface area contributed by atoms with Gasteiger partial charge in [-0.25, -0.2) is 9.48 Å². The Kier molecular flexibility index (Phi) is 8.43. The van der Waals surface area contributed by atoms with Crippen LogP contribution in [0.5, 0.6) is 0 Å². The molecule has 4 rings (SSSR count). The summed E-state index contributed by atoms with van der Waals surface area (Å²) in [5, 5.41) is 12.0. The standard InChI is InChI=1S/C22H31ClN6O.HI/c1-2-24-20(26-16-22(10-11-22)17-7-5-8-18(23)15-17)25-12-6-14-29-21(30)28-13-4-3-9-19(28)27-29;/h5,7-8,15H,2-4,6,9-14,16H2,1H3,(H2,24,25,26);1H. The molecule has 0 bridgehead atoms. The van der Waals surface area contributed by atoms with Crippen LogP contribution in [0.1, 0.15) is 50.4 Å². The Morgan fingerprint density at radius 2 is 2.13 bits per heavy atom. The van der Waals surface area contributed by atoms with Gasteiger partial charge in [0.25, 0.3) is 0 Å². The zero-order chi connectivity index (χ0) is 21.0. The summed E-state index contributed by atoms with van der Waals surface area (Å²) in [5.74, 6) is 1.76. The van der Waals surface area contributed by atoms with Gasteiger partial charge in [-0.05, 0) is 56.7 Å². The molecule has 1 aromatic heterocycles. The van der Waals surface area contributed by atoms with Gasteiger partial charge in [0.2, 0.25) is 0 Å². The lowest BCUT2D eigenvalue weighted by atomic mass is 9.96. The molecule has 0 radical (unpaired) electrons. The third-order valence-electron chi connectivity index (χ3n) is 6.05. The van der Waals surface area contributed by atoms with Gasteiger partial charge in [-0.1, -0.05) is 23.7 Å². The van der Waals surface area contributed by atoms with Crippen LogP contribution >= 0.6 is 35.6 Å². The van der Waals surface area contributed by atoms with Crippen LogP contribution in [-0.4, -0.2) is 39.9 Å². The summed E-state index contributed by atoms with van der Waals surface area (Å²) >= 11 is 6.18. The second-order valence-corrected chi connectivity index (χ2v) is 8.73. The molecule has 170 valence electrons. The molecule has 0 saturated heterocycles. The third-order valence-corrected chi connectivity index (χ3v) is 6.28. The molecule has 1 fully saturated rings. The lowest BCUT2D eigenvalue weighted by Gasteiger charge is -2.16. The van der Waals surface area contributed by atoms with Crippen LogP contribution < -0.4 is 16.3 Å². The highest BCUT2D eigenvalue weighted by Gasteiger charge is 2.44. The van der Waals surface area contributed by atoms with Crippen molar-refractivity contribution in [2.45, 2.75) is 64.0 Å². The number of fused-ring (bicyclic) bond motifs is 1. The van der Waals surface area contributed by atoms with E-state index in [4.69, 9.17) is 16.6 Å². The lowest BCUT2D eigenvalue weighted by molar-refractivity contribution is 0.509. The number of halogens is 2. The van der Waals surface area contributed by atoms with Gasteiger partial charge in [0.15, 0.2) is 5.96 Å². The maximum atomic E-state index is 12.4. The molecule has 1 saturated carbocycles. The van der Waals surface area contributed by atoms with E-state index in [1.807, 2.05) is 16.7 Å². The number of aryl methyl sites for hydroxylation is 2. The molecule has 1 aliphatic carbocycles. The first kappa shape index (κ1) is 24.1. The maximum Gasteiger partial charge on any atom is 0.345 e. The molecule has 2 aliphatic rings. The first-order valence-electron chi connectivity index (χ1n) is 11.1. The number of benzene rings is 1. The first-order chi connectivity index (χ1) is 14.6. The van der Waals surface area contributed by atoms with Gasteiger partial charge in [-0.15, -0.1) is 24.0 Å². The van der Waals surface area contributed by atoms with Crippen LogP contribution in [0.4, 0.5) is 0 Å². The van der Waals surface area contributed by atoms with E-state index in [1.54, 1.807) is 4.68 Å². The van der Waals surface area contributed by atoms with Gasteiger partial charge < -0.3 is 10.6 Å². The lowest BCUT2D eigenvalue weighted by Crippen LogP contribution is -2.39. The van der Waals surface area contributed by atoms with E-state index in [9.17, 15) is 4.79 Å². The van der Waals surface area contributed by atoms with E-state index in [0.717, 1.165) is 81.5 Å². The summed E-state index contributed by atoms with van der Waals surface area (Å²) in [4.78, 5) is 17.3. The van der Waals surface area contributed by atoms with Crippen LogP contribution in [0.3, 0.4) is 0 Å². The van der Waals surface area contributed by atoms with Crippen molar-refractivity contribution >= 4 is 41.5 Å². The smallest absolute Gasteiger partial charge is 0.345 e. The van der Waals surface area contributed by atoms with E-state index in [2.05, 4.69) is 34.8 Å². The number of hydrogen-bond acceptors (Lipinski definition) is 3. The molecule has 1 aliphatic heterocycles. The van der Waals surface area contributed by atoms with Crippen LogP contribution in [0.15, 0.2) is 34.1 Å². The van der Waals surface area contributed by atoms with Crippen molar-refractivity contribution < 1.29 is 0 Å². The summed E-state index contributed by atoms with van der Waals surface area (Å²) in [6, 6.07) is 8.14. The predicted molar refractivity (Wildman–Crippen MR) is 136 cm³/mol. The number of aliphatic imine (C=N–C) groups is 1. The molecule has 1 aromatic carbocycles. The van der Waals surface area contributed by atoms with E-state index in [-0.39, 0.29) is 35.1 Å². The summed E-state index contributed by atoms with van der Waals surface area (Å²) in [7, 11) is 0. The SMILES string of the molecule is CCNC(=NCC1(c2cccc(Cl)c2)CC1)NCCCn1nc2n(c1=O)CCCC2.I. The first-order valence-corrected chi connectivity index (χ1v) is 11.4. The molecule has 0 amide bonds. The van der Waals surface area contributed by atoms with Gasteiger partial charge in [-0.3, -0.25) is 9.56 Å². The Bertz CT molecular complexity index is 965. The topological polar surface area (TPSA) is 76.2 Å². The number of aromatic nitrogens is 3. The average molecular weight is 559 g/mol. The largest absolute Gasteiger partial charge is 0.357 e. The molecule has 31 heavy (non-hydrogen) atoms. The van der Waals surface area contributed by atoms with E-state index in [0.29, 0.717) is 6.54 Å². The number of rotatable bonds is 8. The van der Waals surface area contributed by atoms with Crippen molar-refractivity contribution in [3.63, 3.8) is 0 Å². The van der Waals surface area contributed by atoms with Crippen molar-refractivity contribution in [2.24, 2.45) is 4.99 Å². The molecule has 2 heterocycles. The Morgan fingerprint density at radius 3 is 2.84 bits per heavy atom. The van der Waals surface area contributed by atoms with Gasteiger partial charge in [0, 0.05) is 43.0 Å². The van der Waals surface area contributed by atoms with Crippen LogP contribution in [0.25, 0.3) is 0 Å². The van der Waals surface area contributed by atoms with Gasteiger partial charge in [0.1, 0.15) is 5.82 Å². The average Bonchev–Trinajstić information content (AvgIpc) is 3.48. The van der Waals surface area contributed by atoms with E-state index in [1.165, 1.54) is 5.56 Å². The van der Waals surface area contributed by atoms with Crippen molar-refractivity contribution in [3.8, 4) is 0 Å². The summed E-state index contributed by atoms with van der Waals surface area (Å²) < 4.78 is 3.44. The highest BCUT2D eigenvalue weighted by atomic mass is 127. The molecular formula is C22H32ClIN6O. The van der Waals surface area contributed by atoms with Gasteiger partial charge in [0.05, 0.1) is 6.54 Å². The fourth-order valence-electron chi connectivity index (χ4n) is 4.11. The molecule has 0 unspecified atom stereocenters. The highest BCUT2D eigenvalue weighted by Crippen LogP contribution is 2.48. The second kappa shape index (κ2) is 10.8. The van der Waals surface area contributed by atoms with Gasteiger partial charge in [-0.2, -0.15) is 5.10 Å². The van der Waals surface area contributed by atoms with Crippen molar-refractivity contribution in [1.82, 2.24) is 25.0 Å². The minimum Gasteiger partial charge on any atom is -0.357 e. The molecule has 0 spiro atoms. The maximum absolute atomic E-state index is 12.4. The summed E-state index contributed by atoms with van der Waals surface area (Å²) in [5.41, 5.74) is 1.43.